The summed E-state index contributed by atoms with van der Waals surface area (Å²) in [5.74, 6) is 3.34. The first-order valence-electron chi connectivity index (χ1n) is 11.8. The van der Waals surface area contributed by atoms with Crippen LogP contribution in [-0.4, -0.2) is 17.3 Å². The minimum atomic E-state index is -0.0499. The highest BCUT2D eigenvalue weighted by molar-refractivity contribution is 5.14. The van der Waals surface area contributed by atoms with Crippen molar-refractivity contribution in [2.75, 3.05) is 0 Å². The molecule has 1 aromatic carbocycles. The van der Waals surface area contributed by atoms with Crippen molar-refractivity contribution in [2.24, 2.45) is 34.5 Å². The molecule has 0 heterocycles. The minimum absolute atomic E-state index is 0.0499. The smallest absolute Gasteiger partial charge is 0.0720 e. The third-order valence-electron chi connectivity index (χ3n) is 9.90. The molecule has 1 aromatic rings. The monoisotopic (exact) mass is 382 g/mol. The highest BCUT2D eigenvalue weighted by Crippen LogP contribution is 2.66. The minimum Gasteiger partial charge on any atom is -0.393 e. The summed E-state index contributed by atoms with van der Waals surface area (Å²) < 4.78 is 6.37. The van der Waals surface area contributed by atoms with E-state index >= 15 is 0 Å². The van der Waals surface area contributed by atoms with E-state index in [2.05, 4.69) is 44.2 Å². The van der Waals surface area contributed by atoms with Crippen LogP contribution in [-0.2, 0) is 11.3 Å². The maximum atomic E-state index is 10.6. The molecule has 0 spiro atoms. The zero-order valence-corrected chi connectivity index (χ0v) is 17.8. The molecule has 1 N–H and O–H groups in total. The van der Waals surface area contributed by atoms with Crippen molar-refractivity contribution in [1.82, 2.24) is 0 Å². The Balaban J connectivity index is 1.26. The molecule has 4 aliphatic carbocycles. The van der Waals surface area contributed by atoms with Crippen molar-refractivity contribution in [3.05, 3.63) is 35.9 Å². The number of ether oxygens (including phenoxy) is 1. The maximum Gasteiger partial charge on any atom is 0.0720 e. The van der Waals surface area contributed by atoms with Gasteiger partial charge in [-0.15, -0.1) is 0 Å². The summed E-state index contributed by atoms with van der Waals surface area (Å²) in [6, 6.07) is 10.6. The summed E-state index contributed by atoms with van der Waals surface area (Å²) >= 11 is 0. The van der Waals surface area contributed by atoms with E-state index < -0.39 is 0 Å². The SMILES string of the molecule is C[C@]12CC[C@H](OCc3ccccc3)C[C@@H]1CC[C@H]1[C@H]2CC[C@@]2(C)[C@@H]1CC[C@@H]2O. The number of rotatable bonds is 3. The van der Waals surface area contributed by atoms with Gasteiger partial charge in [-0.3, -0.25) is 0 Å². The van der Waals surface area contributed by atoms with Gasteiger partial charge in [0.2, 0.25) is 0 Å². The zero-order chi connectivity index (χ0) is 19.4. The molecular weight excluding hydrogens is 344 g/mol. The molecule has 2 heteroatoms. The zero-order valence-electron chi connectivity index (χ0n) is 17.8. The van der Waals surface area contributed by atoms with Gasteiger partial charge in [0.05, 0.1) is 18.8 Å². The Morgan fingerprint density at radius 1 is 0.893 bits per heavy atom. The molecule has 8 atom stereocenters. The first kappa shape index (κ1) is 19.1. The molecule has 28 heavy (non-hydrogen) atoms. The van der Waals surface area contributed by atoms with Crippen molar-refractivity contribution in [2.45, 2.75) is 90.4 Å². The van der Waals surface area contributed by atoms with Gasteiger partial charge in [0.15, 0.2) is 0 Å². The van der Waals surface area contributed by atoms with E-state index in [1.165, 1.54) is 56.9 Å². The standard InChI is InChI=1S/C26H38O2/c1-25-14-12-20(28-17-18-6-4-3-5-7-18)16-19(25)8-9-21-22-10-11-24(27)26(22,2)15-13-23(21)25/h3-7,19-24,27H,8-17H2,1-2H3/t19-,20-,21+,22+,23+,24-,25-,26-/m0/s1. The molecule has 0 saturated heterocycles. The molecule has 0 radical (unpaired) electrons. The largest absolute Gasteiger partial charge is 0.393 e. The van der Waals surface area contributed by atoms with Crippen LogP contribution in [0.3, 0.4) is 0 Å². The normalized spacial score (nSPS) is 47.8. The average molecular weight is 383 g/mol. The number of aliphatic hydroxyl groups excluding tert-OH is 1. The van der Waals surface area contributed by atoms with Gasteiger partial charge < -0.3 is 9.84 Å². The third kappa shape index (κ3) is 2.98. The number of aliphatic hydroxyl groups is 1. The van der Waals surface area contributed by atoms with E-state index in [9.17, 15) is 5.11 Å². The van der Waals surface area contributed by atoms with Crippen molar-refractivity contribution in [1.29, 1.82) is 0 Å². The number of hydrogen-bond acceptors (Lipinski definition) is 2. The van der Waals surface area contributed by atoms with Crippen LogP contribution in [0.25, 0.3) is 0 Å². The lowest BCUT2D eigenvalue weighted by atomic mass is 9.45. The molecule has 4 aliphatic rings. The molecule has 4 fully saturated rings. The second-order valence-electron chi connectivity index (χ2n) is 11.0. The van der Waals surface area contributed by atoms with Gasteiger partial charge in [-0.05, 0) is 97.9 Å². The van der Waals surface area contributed by atoms with Gasteiger partial charge in [0.25, 0.3) is 0 Å². The highest BCUT2D eigenvalue weighted by Gasteiger charge is 2.60. The first-order valence-corrected chi connectivity index (χ1v) is 11.8. The topological polar surface area (TPSA) is 29.5 Å². The molecule has 154 valence electrons. The van der Waals surface area contributed by atoms with Crippen molar-refractivity contribution >= 4 is 0 Å². The first-order chi connectivity index (χ1) is 13.5. The van der Waals surface area contributed by atoms with Gasteiger partial charge >= 0.3 is 0 Å². The third-order valence-corrected chi connectivity index (χ3v) is 9.90. The van der Waals surface area contributed by atoms with Crippen molar-refractivity contribution < 1.29 is 9.84 Å². The summed E-state index contributed by atoms with van der Waals surface area (Å²) in [5.41, 5.74) is 2.01. The lowest BCUT2D eigenvalue weighted by Gasteiger charge is -2.60. The lowest BCUT2D eigenvalue weighted by Crippen LogP contribution is -2.54. The molecule has 0 aliphatic heterocycles. The van der Waals surface area contributed by atoms with Crippen molar-refractivity contribution in [3.8, 4) is 0 Å². The lowest BCUT2D eigenvalue weighted by molar-refractivity contribution is -0.142. The Morgan fingerprint density at radius 3 is 2.46 bits per heavy atom. The molecule has 0 bridgehead atoms. The van der Waals surface area contributed by atoms with Crippen LogP contribution in [0.1, 0.15) is 77.2 Å². The fourth-order valence-corrected chi connectivity index (χ4v) is 8.13. The summed E-state index contributed by atoms with van der Waals surface area (Å²) in [6.07, 6.45) is 11.9. The van der Waals surface area contributed by atoms with Crippen molar-refractivity contribution in [3.63, 3.8) is 0 Å². The number of benzene rings is 1. The second kappa shape index (κ2) is 7.13. The number of fused-ring (bicyclic) bond motifs is 5. The predicted octanol–water partition coefficient (Wildman–Crippen LogP) is 5.98. The van der Waals surface area contributed by atoms with Gasteiger partial charge in [0, 0.05) is 0 Å². The quantitative estimate of drug-likeness (QED) is 0.697. The molecule has 4 saturated carbocycles. The Hall–Kier alpha value is -0.860. The van der Waals surface area contributed by atoms with E-state index in [4.69, 9.17) is 4.74 Å². The van der Waals surface area contributed by atoms with Crippen LogP contribution in [0.4, 0.5) is 0 Å². The molecule has 2 nitrogen and oxygen atoms in total. The fraction of sp³-hybridized carbons (Fsp3) is 0.769. The molecule has 0 aromatic heterocycles. The second-order valence-corrected chi connectivity index (χ2v) is 11.0. The molecule has 5 rings (SSSR count). The van der Waals surface area contributed by atoms with Gasteiger partial charge in [0.1, 0.15) is 0 Å². The highest BCUT2D eigenvalue weighted by atomic mass is 16.5. The Kier molecular flexibility index (Phi) is 4.87. The maximum absolute atomic E-state index is 10.6. The Labute approximate surface area is 171 Å². The number of hydrogen-bond donors (Lipinski definition) is 1. The van der Waals surface area contributed by atoms with E-state index in [1.807, 2.05) is 0 Å². The Morgan fingerprint density at radius 2 is 1.64 bits per heavy atom. The van der Waals surface area contributed by atoms with E-state index in [0.29, 0.717) is 11.5 Å². The molecule has 0 amide bonds. The van der Waals surface area contributed by atoms with Gasteiger partial charge in [-0.2, -0.15) is 0 Å². The fourth-order valence-electron chi connectivity index (χ4n) is 8.13. The summed E-state index contributed by atoms with van der Waals surface area (Å²) in [5, 5.41) is 10.6. The summed E-state index contributed by atoms with van der Waals surface area (Å²) in [6.45, 7) is 5.78. The van der Waals surface area contributed by atoms with Crippen LogP contribution in [0.15, 0.2) is 30.3 Å². The summed E-state index contributed by atoms with van der Waals surface area (Å²) in [4.78, 5) is 0. The van der Waals surface area contributed by atoms with Crippen LogP contribution in [0, 0.1) is 34.5 Å². The predicted molar refractivity (Wildman–Crippen MR) is 113 cm³/mol. The molecule has 0 unspecified atom stereocenters. The van der Waals surface area contributed by atoms with Gasteiger partial charge in [-0.25, -0.2) is 0 Å². The van der Waals surface area contributed by atoms with E-state index in [1.54, 1.807) is 0 Å². The van der Waals surface area contributed by atoms with Crippen LogP contribution >= 0.6 is 0 Å². The average Bonchev–Trinajstić information content (AvgIpc) is 3.02. The van der Waals surface area contributed by atoms with E-state index in [-0.39, 0.29) is 11.5 Å². The van der Waals surface area contributed by atoms with E-state index in [0.717, 1.165) is 36.7 Å². The molecular formula is C26H38O2. The summed E-state index contributed by atoms with van der Waals surface area (Å²) in [7, 11) is 0. The van der Waals surface area contributed by atoms with Crippen LogP contribution in [0.2, 0.25) is 0 Å². The Bertz CT molecular complexity index is 687. The van der Waals surface area contributed by atoms with Gasteiger partial charge in [-0.1, -0.05) is 44.2 Å². The van der Waals surface area contributed by atoms with Crippen LogP contribution < -0.4 is 0 Å². The van der Waals surface area contributed by atoms with Crippen LogP contribution in [0.5, 0.6) is 0 Å².